The van der Waals surface area contributed by atoms with Crippen molar-refractivity contribution in [2.24, 2.45) is 0 Å². The summed E-state index contributed by atoms with van der Waals surface area (Å²) >= 11 is 0. The van der Waals surface area contributed by atoms with Crippen LogP contribution in [0.4, 0.5) is 0 Å². The van der Waals surface area contributed by atoms with Crippen molar-refractivity contribution in [2.75, 3.05) is 0 Å². The molecule has 0 heterocycles. The van der Waals surface area contributed by atoms with Gasteiger partial charge in [-0.25, -0.2) is 0 Å². The van der Waals surface area contributed by atoms with Crippen LogP contribution in [0.15, 0.2) is 0 Å². The van der Waals surface area contributed by atoms with Crippen LogP contribution in [0.1, 0.15) is 0 Å². The number of hydrogen-bond donors (Lipinski definition) is 0. The van der Waals surface area contributed by atoms with Crippen LogP contribution >= 0.6 is 0 Å². The Labute approximate surface area is 106 Å². The van der Waals surface area contributed by atoms with Gasteiger partial charge in [0.1, 0.15) is 0 Å². The Morgan fingerprint density at radius 2 is 1.00 bits per heavy atom. The monoisotopic (exact) mass is 446 g/mol. The molecule has 0 aromatic carbocycles. The molecule has 0 N–H and O–H groups in total. The first kappa shape index (κ1) is 32.4. The molecule has 0 atom stereocenters. The smallest absolute Gasteiger partial charge is 2.00 e. The van der Waals surface area contributed by atoms with Gasteiger partial charge in [0.25, 0.3) is 0 Å². The van der Waals surface area contributed by atoms with E-state index in [-0.39, 0.29) is 84.7 Å². The Hall–Kier alpha value is 2.00. The van der Waals surface area contributed by atoms with Crippen LogP contribution in [-0.4, -0.2) is 9.17 Å². The quantitative estimate of drug-likeness (QED) is 0.367. The molecule has 0 spiro atoms. The third-order valence-electron chi connectivity index (χ3n) is 0. The molecule has 0 aromatic heterocycles. The molecule has 0 rings (SSSR count). The van der Waals surface area contributed by atoms with Crippen molar-refractivity contribution < 1.29 is 98.8 Å². The first-order valence-electron chi connectivity index (χ1n) is 0.612. The third-order valence-corrected chi connectivity index (χ3v) is 0. The molecular weight excluding hydrogens is 446 g/mol. The third kappa shape index (κ3) is 97.7. The van der Waals surface area contributed by atoms with Gasteiger partial charge in [-0.05, 0) is 0 Å². The molecular formula is O5SiTm2. The molecule has 5 nitrogen and oxygen atoms in total. The first-order valence-corrected chi connectivity index (χ1v) is 1.84. The standard InChI is InChI=1S/O3Si.2O.2Tm/c1-4(2)3;;;;/q3*-2;2*+3. The van der Waals surface area contributed by atoms with Crippen LogP contribution in [0.3, 0.4) is 0 Å². The Balaban J connectivity index is -0.00000000750. The SMILES string of the molecule is O=[Si]([O-])[O-].[O-2].[O-2].[Tm+3].[Tm+3]. The van der Waals surface area contributed by atoms with Crippen molar-refractivity contribution in [3.63, 3.8) is 0 Å². The van der Waals surface area contributed by atoms with Crippen LogP contribution in [-0.2, 0) is 15.4 Å². The maximum Gasteiger partial charge on any atom is 3.00 e. The summed E-state index contributed by atoms with van der Waals surface area (Å²) in [5, 5.41) is 0. The van der Waals surface area contributed by atoms with Gasteiger partial charge in [0, 0.05) is 9.17 Å². The van der Waals surface area contributed by atoms with Gasteiger partial charge in [-0.3, -0.25) is 0 Å². The summed E-state index contributed by atoms with van der Waals surface area (Å²) < 4.78 is 8.52. The Morgan fingerprint density at radius 3 is 1.00 bits per heavy atom. The zero-order valence-corrected chi connectivity index (χ0v) is 7.66. The van der Waals surface area contributed by atoms with Crippen molar-refractivity contribution in [2.45, 2.75) is 0 Å². The second-order valence-corrected chi connectivity index (χ2v) is 0.750. The molecule has 0 aliphatic heterocycles. The van der Waals surface area contributed by atoms with E-state index in [2.05, 4.69) is 0 Å². The summed E-state index contributed by atoms with van der Waals surface area (Å²) in [6.45, 7) is 0. The summed E-state index contributed by atoms with van der Waals surface area (Å²) in [6.07, 6.45) is 0. The van der Waals surface area contributed by atoms with Gasteiger partial charge in [-0.15, -0.1) is 0 Å². The van der Waals surface area contributed by atoms with Crippen molar-refractivity contribution in [1.29, 1.82) is 0 Å². The Morgan fingerprint density at radius 1 is 1.00 bits per heavy atom. The first-order chi connectivity index (χ1) is 1.73. The molecule has 0 amide bonds. The van der Waals surface area contributed by atoms with Gasteiger partial charge in [0.15, 0.2) is 0 Å². The molecule has 8 heavy (non-hydrogen) atoms. The predicted octanol–water partition coefficient (Wildman–Crippen LogP) is -3.12. The number of hydrogen-bond acceptors (Lipinski definition) is 3. The van der Waals surface area contributed by atoms with E-state index in [9.17, 15) is 0 Å². The zero-order chi connectivity index (χ0) is 3.58. The second kappa shape index (κ2) is 23.0. The van der Waals surface area contributed by atoms with Crippen molar-refractivity contribution in [1.82, 2.24) is 0 Å². The minimum atomic E-state index is -3.63. The zero-order valence-electron chi connectivity index (χ0n) is 3.10. The van der Waals surface area contributed by atoms with E-state index in [0.717, 1.165) is 0 Å². The van der Waals surface area contributed by atoms with E-state index >= 15 is 0 Å². The van der Waals surface area contributed by atoms with Crippen molar-refractivity contribution >= 4 is 9.17 Å². The molecule has 0 aromatic rings. The van der Waals surface area contributed by atoms with Crippen LogP contribution in [0.5, 0.6) is 0 Å². The van der Waals surface area contributed by atoms with Crippen LogP contribution < -0.4 is 9.59 Å². The normalized spacial score (nSPS) is 3.00. The van der Waals surface area contributed by atoms with Crippen LogP contribution in [0, 0.1) is 73.7 Å². The Kier molecular flexibility index (Phi) is 93.3. The molecule has 0 bridgehead atoms. The summed E-state index contributed by atoms with van der Waals surface area (Å²) in [5.41, 5.74) is 0. The van der Waals surface area contributed by atoms with Crippen molar-refractivity contribution in [3.8, 4) is 0 Å². The minimum Gasteiger partial charge on any atom is -2.00 e. The maximum absolute atomic E-state index is 8.52. The molecule has 8 heteroatoms. The fraction of sp³-hybridized carbons (Fsp3) is 0. The molecule has 60 valence electrons. The van der Waals surface area contributed by atoms with E-state index in [0.29, 0.717) is 0 Å². The van der Waals surface area contributed by atoms with Gasteiger partial charge >= 0.3 is 73.7 Å². The van der Waals surface area contributed by atoms with Gasteiger partial charge in [-0.2, -0.15) is 0 Å². The molecule has 0 aliphatic rings. The molecule has 0 unspecified atom stereocenters. The molecule has 0 saturated carbocycles. The molecule has 0 radical (unpaired) electrons. The molecule has 0 aliphatic carbocycles. The van der Waals surface area contributed by atoms with Gasteiger partial charge < -0.3 is 25.0 Å². The van der Waals surface area contributed by atoms with E-state index in [1.54, 1.807) is 0 Å². The van der Waals surface area contributed by atoms with Gasteiger partial charge in [-0.1, -0.05) is 0 Å². The molecule has 0 fully saturated rings. The fourth-order valence-corrected chi connectivity index (χ4v) is 0. The van der Waals surface area contributed by atoms with E-state index in [1.807, 2.05) is 0 Å². The summed E-state index contributed by atoms with van der Waals surface area (Å²) in [7, 11) is -3.63. The fourth-order valence-electron chi connectivity index (χ4n) is 0. The largest absolute Gasteiger partial charge is 3.00 e. The average molecular weight is 446 g/mol. The topological polar surface area (TPSA) is 120 Å². The van der Waals surface area contributed by atoms with Gasteiger partial charge in [0.05, 0.1) is 0 Å². The predicted molar refractivity (Wildman–Crippen MR) is 7.81 cm³/mol. The van der Waals surface area contributed by atoms with Gasteiger partial charge in [0.2, 0.25) is 0 Å². The Bertz CT molecular complexity index is 33.4. The van der Waals surface area contributed by atoms with Crippen LogP contribution in [0.2, 0.25) is 0 Å². The molecule has 0 saturated heterocycles. The average Bonchev–Trinajstić information content (AvgIpc) is 0.811. The summed E-state index contributed by atoms with van der Waals surface area (Å²) in [4.78, 5) is 17.0. The second-order valence-electron chi connectivity index (χ2n) is 0.250. The van der Waals surface area contributed by atoms with E-state index < -0.39 is 9.17 Å². The minimum absolute atomic E-state index is 0. The maximum atomic E-state index is 8.52. The summed E-state index contributed by atoms with van der Waals surface area (Å²) in [6, 6.07) is 0. The van der Waals surface area contributed by atoms with E-state index in [4.69, 9.17) is 14.1 Å². The van der Waals surface area contributed by atoms with Crippen LogP contribution in [0.25, 0.3) is 0 Å². The summed E-state index contributed by atoms with van der Waals surface area (Å²) in [5.74, 6) is 0. The van der Waals surface area contributed by atoms with E-state index in [1.165, 1.54) is 0 Å². The number of rotatable bonds is 0. The van der Waals surface area contributed by atoms with Crippen molar-refractivity contribution in [3.05, 3.63) is 0 Å².